The van der Waals surface area contributed by atoms with Crippen molar-refractivity contribution in [3.05, 3.63) is 65.7 Å². The van der Waals surface area contributed by atoms with Gasteiger partial charge in [-0.25, -0.2) is 10.6 Å². The second-order valence-corrected chi connectivity index (χ2v) is 4.51. The van der Waals surface area contributed by atoms with Crippen molar-refractivity contribution >= 4 is 5.97 Å². The molecule has 0 aliphatic heterocycles. The minimum Gasteiger partial charge on any atom is -0.476 e. The van der Waals surface area contributed by atoms with Crippen molar-refractivity contribution < 1.29 is 14.6 Å². The first-order valence-corrected chi connectivity index (χ1v) is 6.53. The third kappa shape index (κ3) is 3.78. The highest BCUT2D eigenvalue weighted by Crippen LogP contribution is 2.25. The number of carboxylic acids is 1. The van der Waals surface area contributed by atoms with E-state index >= 15 is 0 Å². The molecule has 0 fully saturated rings. The van der Waals surface area contributed by atoms with Crippen LogP contribution in [0, 0.1) is 11.3 Å². The van der Waals surface area contributed by atoms with Crippen molar-refractivity contribution in [3.8, 4) is 22.9 Å². The van der Waals surface area contributed by atoms with Crippen LogP contribution in [0.25, 0.3) is 11.1 Å². The van der Waals surface area contributed by atoms with E-state index < -0.39 is 11.7 Å². The number of carboxylic acid groups (broad SMARTS) is 1. The molecule has 0 bridgehead atoms. The van der Waals surface area contributed by atoms with Crippen molar-refractivity contribution in [2.24, 2.45) is 11.6 Å². The molecule has 23 heavy (non-hydrogen) atoms. The Hall–Kier alpha value is -3.50. The van der Waals surface area contributed by atoms with Gasteiger partial charge in [0.25, 0.3) is 0 Å². The zero-order chi connectivity index (χ0) is 16.8. The van der Waals surface area contributed by atoms with Crippen molar-refractivity contribution in [1.29, 1.82) is 5.26 Å². The Labute approximate surface area is 132 Å². The molecular weight excluding hydrogens is 296 g/mol. The average Bonchev–Trinajstić information content (AvgIpc) is 2.59. The number of nitriles is 1. The summed E-state index contributed by atoms with van der Waals surface area (Å²) in [4.78, 5) is 10.9. The summed E-state index contributed by atoms with van der Waals surface area (Å²) in [6.07, 6.45) is 0. The van der Waals surface area contributed by atoms with Gasteiger partial charge in [0.2, 0.25) is 5.88 Å². The van der Waals surface area contributed by atoms with Gasteiger partial charge < -0.3 is 15.6 Å². The van der Waals surface area contributed by atoms with Crippen LogP contribution < -0.4 is 21.7 Å². The zero-order valence-electron chi connectivity index (χ0n) is 12.0. The molecule has 0 aromatic heterocycles. The van der Waals surface area contributed by atoms with Crippen molar-refractivity contribution in [2.45, 2.75) is 0 Å². The molecule has 6 N–H and O–H groups in total. The first-order valence-electron chi connectivity index (χ1n) is 6.53. The number of nitrogens with one attached hydrogen (secondary N) is 1. The molecule has 2 aromatic carbocycles. The number of carbonyl (C=O) groups is 1. The Morgan fingerprint density at radius 2 is 1.87 bits per heavy atom. The van der Waals surface area contributed by atoms with Gasteiger partial charge in [-0.2, -0.15) is 5.26 Å². The third-order valence-electron chi connectivity index (χ3n) is 3.01. The van der Waals surface area contributed by atoms with Crippen molar-refractivity contribution in [2.75, 3.05) is 0 Å². The second-order valence-electron chi connectivity index (χ2n) is 4.51. The van der Waals surface area contributed by atoms with Gasteiger partial charge in [0.15, 0.2) is 5.70 Å². The predicted molar refractivity (Wildman–Crippen MR) is 83.4 cm³/mol. The van der Waals surface area contributed by atoms with E-state index in [0.29, 0.717) is 11.3 Å². The number of ether oxygens (including phenoxy) is 1. The lowest BCUT2D eigenvalue weighted by atomic mass is 10.0. The summed E-state index contributed by atoms with van der Waals surface area (Å²) in [5, 5.41) is 17.7. The maximum atomic E-state index is 10.9. The van der Waals surface area contributed by atoms with Crippen molar-refractivity contribution in [1.82, 2.24) is 5.43 Å². The van der Waals surface area contributed by atoms with E-state index in [4.69, 9.17) is 26.7 Å². The lowest BCUT2D eigenvalue weighted by Crippen LogP contribution is -2.31. The van der Waals surface area contributed by atoms with Crippen LogP contribution in [0.2, 0.25) is 0 Å². The Kier molecular flexibility index (Phi) is 4.82. The Morgan fingerprint density at radius 1 is 1.17 bits per heavy atom. The van der Waals surface area contributed by atoms with Crippen LogP contribution in [0.4, 0.5) is 0 Å². The van der Waals surface area contributed by atoms with E-state index in [-0.39, 0.29) is 5.88 Å². The van der Waals surface area contributed by atoms with Gasteiger partial charge >= 0.3 is 5.97 Å². The van der Waals surface area contributed by atoms with E-state index in [9.17, 15) is 4.79 Å². The number of nitrogens with two attached hydrogens (primary N) is 2. The lowest BCUT2D eigenvalue weighted by molar-refractivity contribution is -0.132. The highest BCUT2D eigenvalue weighted by atomic mass is 16.5. The molecule has 0 unspecified atom stereocenters. The molecule has 7 heteroatoms. The molecule has 0 spiro atoms. The highest BCUT2D eigenvalue weighted by Gasteiger charge is 2.12. The molecular formula is C16H14N4O3. The highest BCUT2D eigenvalue weighted by molar-refractivity contribution is 5.85. The number of hydrogen-bond donors (Lipinski definition) is 4. The predicted octanol–water partition coefficient (Wildman–Crippen LogP) is 1.28. The maximum Gasteiger partial charge on any atom is 0.357 e. The second kappa shape index (κ2) is 6.98. The molecule has 0 radical (unpaired) electrons. The molecule has 2 aromatic rings. The number of nitrogens with zero attached hydrogens (tertiary/aromatic N) is 1. The van der Waals surface area contributed by atoms with Gasteiger partial charge in [0, 0.05) is 0 Å². The molecule has 0 atom stereocenters. The van der Waals surface area contributed by atoms with E-state index in [1.807, 2.05) is 6.07 Å². The monoisotopic (exact) mass is 310 g/mol. The summed E-state index contributed by atoms with van der Waals surface area (Å²) in [5.41, 5.74) is 9.25. The third-order valence-corrected chi connectivity index (χ3v) is 3.01. The fraction of sp³-hybridized carbons (Fsp3) is 0. The quantitative estimate of drug-likeness (QED) is 0.283. The van der Waals surface area contributed by atoms with Crippen LogP contribution in [-0.4, -0.2) is 11.1 Å². The molecule has 2 rings (SSSR count). The number of hydrazine groups is 1. The zero-order valence-corrected chi connectivity index (χ0v) is 12.0. The smallest absolute Gasteiger partial charge is 0.357 e. The van der Waals surface area contributed by atoms with E-state index in [0.717, 1.165) is 11.1 Å². The first-order chi connectivity index (χ1) is 11.0. The molecule has 0 heterocycles. The number of rotatable bonds is 5. The van der Waals surface area contributed by atoms with Gasteiger partial charge in [-0.1, -0.05) is 24.3 Å². The first kappa shape index (κ1) is 15.9. The fourth-order valence-electron chi connectivity index (χ4n) is 1.85. The summed E-state index contributed by atoms with van der Waals surface area (Å²) in [7, 11) is 0. The number of hydrogen-bond acceptors (Lipinski definition) is 6. The molecule has 0 saturated carbocycles. The van der Waals surface area contributed by atoms with Crippen LogP contribution in [0.5, 0.6) is 5.75 Å². The number of benzene rings is 2. The topological polar surface area (TPSA) is 134 Å². The minimum atomic E-state index is -1.35. The fourth-order valence-corrected chi connectivity index (χ4v) is 1.85. The molecule has 7 nitrogen and oxygen atoms in total. The van der Waals surface area contributed by atoms with Crippen LogP contribution in [0.3, 0.4) is 0 Å². The summed E-state index contributed by atoms with van der Waals surface area (Å²) in [5.74, 6) is 4.00. The molecule has 116 valence electrons. The van der Waals surface area contributed by atoms with Gasteiger partial charge in [-0.3, -0.25) is 5.43 Å². The summed E-state index contributed by atoms with van der Waals surface area (Å²) >= 11 is 0. The SMILES string of the molecule is N#Cc1ccc(-c2cccc(O/C(NN)=C(/N)C(=O)O)c2)cc1. The summed E-state index contributed by atoms with van der Waals surface area (Å²) in [6, 6.07) is 16.0. The van der Waals surface area contributed by atoms with Crippen LogP contribution >= 0.6 is 0 Å². The average molecular weight is 310 g/mol. The number of aliphatic carboxylic acids is 1. The normalized spacial score (nSPS) is 11.1. The van der Waals surface area contributed by atoms with Gasteiger partial charge in [-0.05, 0) is 35.4 Å². The Balaban J connectivity index is 2.31. The molecule has 0 amide bonds. The summed E-state index contributed by atoms with van der Waals surface area (Å²) < 4.78 is 5.38. The Bertz CT molecular complexity index is 792. The molecule has 0 aliphatic rings. The van der Waals surface area contributed by atoms with E-state index in [1.54, 1.807) is 42.5 Å². The van der Waals surface area contributed by atoms with Crippen LogP contribution in [0.1, 0.15) is 5.56 Å². The Morgan fingerprint density at radius 3 is 2.43 bits per heavy atom. The lowest BCUT2D eigenvalue weighted by Gasteiger charge is -2.11. The van der Waals surface area contributed by atoms with Gasteiger partial charge in [0.05, 0.1) is 11.6 Å². The van der Waals surface area contributed by atoms with E-state index in [2.05, 4.69) is 11.5 Å². The van der Waals surface area contributed by atoms with Crippen molar-refractivity contribution in [3.63, 3.8) is 0 Å². The minimum absolute atomic E-state index is 0.255. The molecule has 0 aliphatic carbocycles. The van der Waals surface area contributed by atoms with Crippen LogP contribution in [0.15, 0.2) is 60.1 Å². The summed E-state index contributed by atoms with van der Waals surface area (Å²) in [6.45, 7) is 0. The maximum absolute atomic E-state index is 10.9. The largest absolute Gasteiger partial charge is 0.476 e. The molecule has 0 saturated heterocycles. The standard InChI is InChI=1S/C16H14N4O3/c17-9-10-4-6-11(7-5-10)12-2-1-3-13(8-12)23-15(20-19)14(18)16(21)22/h1-8,20H,18-19H2,(H,21,22)/b15-14+. The van der Waals surface area contributed by atoms with Gasteiger partial charge in [0.1, 0.15) is 5.75 Å². The van der Waals surface area contributed by atoms with Crippen LogP contribution in [-0.2, 0) is 4.79 Å². The van der Waals surface area contributed by atoms with Gasteiger partial charge in [-0.15, -0.1) is 0 Å². The van der Waals surface area contributed by atoms with E-state index in [1.165, 1.54) is 0 Å².